The van der Waals surface area contributed by atoms with Gasteiger partial charge in [0.15, 0.2) is 3.95 Å². The molecule has 1 atom stereocenters. The Morgan fingerprint density at radius 1 is 1.30 bits per heavy atom. The van der Waals surface area contributed by atoms with Crippen molar-refractivity contribution in [3.63, 3.8) is 0 Å². The van der Waals surface area contributed by atoms with E-state index in [9.17, 15) is 15.3 Å². The third kappa shape index (κ3) is 3.16. The van der Waals surface area contributed by atoms with Crippen LogP contribution in [0, 0.1) is 3.95 Å². The van der Waals surface area contributed by atoms with Gasteiger partial charge in [0.05, 0.1) is 16.3 Å². The van der Waals surface area contributed by atoms with E-state index in [0.29, 0.717) is 14.5 Å². The van der Waals surface area contributed by atoms with Crippen molar-refractivity contribution in [3.8, 4) is 11.6 Å². The van der Waals surface area contributed by atoms with Gasteiger partial charge in [0.1, 0.15) is 5.76 Å². The van der Waals surface area contributed by atoms with Gasteiger partial charge in [-0.2, -0.15) is 5.11 Å². The first kappa shape index (κ1) is 17.8. The number of benzene rings is 1. The summed E-state index contributed by atoms with van der Waals surface area (Å²) in [6, 6.07) is 4.05. The summed E-state index contributed by atoms with van der Waals surface area (Å²) in [4.78, 5) is 0.495. The van der Waals surface area contributed by atoms with E-state index in [1.807, 2.05) is 12.1 Å². The number of thiazole rings is 1. The maximum absolute atomic E-state index is 10.8. The molecule has 0 spiro atoms. The van der Waals surface area contributed by atoms with Crippen LogP contribution in [0.4, 0.5) is 0 Å². The summed E-state index contributed by atoms with van der Waals surface area (Å²) in [5, 5.41) is 37.1. The Kier molecular flexibility index (Phi) is 4.55. The van der Waals surface area contributed by atoms with Gasteiger partial charge in [0.25, 0.3) is 0 Å². The van der Waals surface area contributed by atoms with Gasteiger partial charge in [-0.3, -0.25) is 4.57 Å². The number of hydrogen-bond donors (Lipinski definition) is 3. The summed E-state index contributed by atoms with van der Waals surface area (Å²) in [6.45, 7) is 3.91. The number of allylic oxidation sites excluding steroid dienone is 1. The first-order valence-electron chi connectivity index (χ1n) is 8.42. The number of rotatable bonds is 3. The third-order valence-corrected chi connectivity index (χ3v) is 5.96. The number of aliphatic hydroxyl groups excluding tert-OH is 2. The molecule has 1 unspecified atom stereocenters. The lowest BCUT2D eigenvalue weighted by atomic mass is 10.0. The van der Waals surface area contributed by atoms with E-state index in [-0.39, 0.29) is 11.6 Å². The van der Waals surface area contributed by atoms with Crippen LogP contribution in [0.1, 0.15) is 28.0 Å². The van der Waals surface area contributed by atoms with Crippen LogP contribution in [0.25, 0.3) is 17.8 Å². The van der Waals surface area contributed by atoms with E-state index in [1.54, 1.807) is 10.6 Å². The van der Waals surface area contributed by atoms with Crippen molar-refractivity contribution in [2.75, 3.05) is 0 Å². The highest BCUT2D eigenvalue weighted by Gasteiger charge is 2.19. The predicted molar refractivity (Wildman–Crippen MR) is 108 cm³/mol. The van der Waals surface area contributed by atoms with Crippen LogP contribution < -0.4 is 0 Å². The predicted octanol–water partition coefficient (Wildman–Crippen LogP) is 4.67. The largest absolute Gasteiger partial charge is 0.507 e. The van der Waals surface area contributed by atoms with Crippen molar-refractivity contribution in [1.29, 1.82) is 0 Å². The molecular weight excluding hydrogens is 382 g/mol. The molecule has 0 radical (unpaired) electrons. The quantitative estimate of drug-likeness (QED) is 0.654. The molecule has 6 nitrogen and oxygen atoms in total. The van der Waals surface area contributed by atoms with Crippen LogP contribution in [0.5, 0.6) is 5.88 Å². The molecule has 0 bridgehead atoms. The summed E-state index contributed by atoms with van der Waals surface area (Å²) >= 11 is 6.70. The number of aromatic nitrogens is 1. The molecule has 1 aliphatic heterocycles. The summed E-state index contributed by atoms with van der Waals surface area (Å²) in [7, 11) is 0. The molecule has 8 heteroatoms. The number of azo groups is 1. The monoisotopic (exact) mass is 399 g/mol. The maximum Gasteiger partial charge on any atom is 0.224 e. The van der Waals surface area contributed by atoms with E-state index >= 15 is 0 Å². The molecule has 4 rings (SSSR count). The van der Waals surface area contributed by atoms with E-state index in [4.69, 9.17) is 12.2 Å². The Bertz CT molecular complexity index is 1090. The second kappa shape index (κ2) is 6.88. The van der Waals surface area contributed by atoms with E-state index < -0.39 is 6.23 Å². The summed E-state index contributed by atoms with van der Waals surface area (Å²) in [5.41, 5.74) is 4.76. The lowest BCUT2D eigenvalue weighted by Gasteiger charge is -2.11. The average molecular weight is 399 g/mol. The molecule has 2 aliphatic rings. The zero-order chi connectivity index (χ0) is 19.1. The molecule has 138 valence electrons. The third-order valence-electron chi connectivity index (χ3n) is 4.65. The lowest BCUT2D eigenvalue weighted by molar-refractivity contribution is 0.151. The summed E-state index contributed by atoms with van der Waals surface area (Å²) in [5.74, 6) is -0.298. The summed E-state index contributed by atoms with van der Waals surface area (Å²) < 4.78 is 2.12. The zero-order valence-corrected chi connectivity index (χ0v) is 15.9. The van der Waals surface area contributed by atoms with Crippen molar-refractivity contribution in [3.05, 3.63) is 61.8 Å². The number of aryl methyl sites for hydroxylation is 1. The summed E-state index contributed by atoms with van der Waals surface area (Å²) in [6.07, 6.45) is 6.53. The van der Waals surface area contributed by atoms with Crippen LogP contribution in [0.15, 0.2) is 46.5 Å². The molecule has 0 amide bonds. The van der Waals surface area contributed by atoms with Gasteiger partial charge in [0.2, 0.25) is 12.1 Å². The smallest absolute Gasteiger partial charge is 0.224 e. The molecule has 0 saturated carbocycles. The minimum atomic E-state index is -1.35. The van der Waals surface area contributed by atoms with E-state index in [0.717, 1.165) is 30.5 Å². The van der Waals surface area contributed by atoms with Crippen molar-refractivity contribution < 1.29 is 15.3 Å². The molecule has 1 aliphatic carbocycles. The molecule has 2 aromatic rings. The van der Waals surface area contributed by atoms with Crippen molar-refractivity contribution in [2.45, 2.75) is 25.5 Å². The molecule has 1 aromatic carbocycles. The van der Waals surface area contributed by atoms with Crippen LogP contribution >= 0.6 is 23.6 Å². The number of hydrogen-bond acceptors (Lipinski definition) is 7. The normalized spacial score (nSPS) is 20.0. The number of aromatic hydroxyl groups is 1. The van der Waals surface area contributed by atoms with Crippen molar-refractivity contribution in [2.24, 2.45) is 10.2 Å². The van der Waals surface area contributed by atoms with Gasteiger partial charge in [-0.1, -0.05) is 12.7 Å². The van der Waals surface area contributed by atoms with Gasteiger partial charge in [-0.15, -0.1) is 16.5 Å². The van der Waals surface area contributed by atoms with Gasteiger partial charge in [-0.05, 0) is 66.4 Å². The molecule has 1 aromatic heterocycles. The Morgan fingerprint density at radius 2 is 2.11 bits per heavy atom. The zero-order valence-electron chi connectivity index (χ0n) is 14.3. The van der Waals surface area contributed by atoms with E-state index in [1.165, 1.54) is 28.5 Å². The number of aliphatic hydroxyl groups is 2. The van der Waals surface area contributed by atoms with Crippen molar-refractivity contribution >= 4 is 35.7 Å². The SMILES string of the molecule is C=Cc1cc(-n2c(O)c(/C=C3/C=C(O)C(O)N=N3)sc2=S)cc2c1CCC2. The van der Waals surface area contributed by atoms with Gasteiger partial charge in [-0.25, -0.2) is 0 Å². The minimum Gasteiger partial charge on any atom is -0.507 e. The molecular formula is C19H17N3O3S2. The second-order valence-electron chi connectivity index (χ2n) is 6.35. The average Bonchev–Trinajstić information content (AvgIpc) is 3.22. The van der Waals surface area contributed by atoms with Crippen molar-refractivity contribution in [1.82, 2.24) is 4.57 Å². The molecule has 27 heavy (non-hydrogen) atoms. The van der Waals surface area contributed by atoms with Gasteiger partial charge in [0, 0.05) is 6.08 Å². The van der Waals surface area contributed by atoms with Crippen LogP contribution in [-0.4, -0.2) is 26.1 Å². The lowest BCUT2D eigenvalue weighted by Crippen LogP contribution is -2.08. The van der Waals surface area contributed by atoms with Crippen LogP contribution in [0.3, 0.4) is 0 Å². The molecule has 3 N–H and O–H groups in total. The fraction of sp³-hybridized carbons (Fsp3) is 0.211. The second-order valence-corrected chi connectivity index (χ2v) is 8.02. The maximum atomic E-state index is 10.8. The van der Waals surface area contributed by atoms with Gasteiger partial charge >= 0.3 is 0 Å². The Balaban J connectivity index is 1.80. The topological polar surface area (TPSA) is 90.3 Å². The minimum absolute atomic E-state index is 0.000305. The first-order chi connectivity index (χ1) is 13.0. The fourth-order valence-electron chi connectivity index (χ4n) is 3.38. The van der Waals surface area contributed by atoms with Gasteiger partial charge < -0.3 is 15.3 Å². The first-order valence-corrected chi connectivity index (χ1v) is 9.65. The fourth-order valence-corrected chi connectivity index (χ4v) is 4.67. The Labute approximate surface area is 164 Å². The highest BCUT2D eigenvalue weighted by molar-refractivity contribution is 7.73. The Hall–Kier alpha value is -2.55. The standard InChI is InChI=1S/C19H17N3O3S2/c1-2-10-6-13(7-11-4-3-5-14(10)11)22-18(25)16(27-19(22)26)9-12-8-15(23)17(24)21-20-12/h2,6-9,17,23-25H,1,3-5H2/b12-9-. The highest BCUT2D eigenvalue weighted by Crippen LogP contribution is 2.35. The van der Waals surface area contributed by atoms with E-state index in [2.05, 4.69) is 22.9 Å². The molecule has 2 heterocycles. The molecule has 0 fully saturated rings. The Morgan fingerprint density at radius 3 is 2.85 bits per heavy atom. The highest BCUT2D eigenvalue weighted by atomic mass is 32.1. The molecule has 0 saturated heterocycles. The van der Waals surface area contributed by atoms with Crippen LogP contribution in [0.2, 0.25) is 0 Å². The van der Waals surface area contributed by atoms with Crippen LogP contribution in [-0.2, 0) is 12.8 Å². The number of fused-ring (bicyclic) bond motifs is 1. The number of nitrogens with zero attached hydrogens (tertiary/aromatic N) is 3.